The minimum Gasteiger partial charge on any atom is -0.497 e. The summed E-state index contributed by atoms with van der Waals surface area (Å²) in [6.45, 7) is 1.92. The van der Waals surface area contributed by atoms with Gasteiger partial charge in [0.05, 0.1) is 29.1 Å². The molecule has 0 unspecified atom stereocenters. The normalized spacial score (nSPS) is 12.5. The maximum Gasteiger partial charge on any atom is 0.268 e. The van der Waals surface area contributed by atoms with Gasteiger partial charge in [-0.2, -0.15) is 0 Å². The minimum absolute atomic E-state index is 0.210. The van der Waals surface area contributed by atoms with Crippen LogP contribution in [0.15, 0.2) is 83.8 Å². The molecule has 0 aliphatic carbocycles. The summed E-state index contributed by atoms with van der Waals surface area (Å²) in [4.78, 5) is 0.210. The van der Waals surface area contributed by atoms with Gasteiger partial charge in [-0.25, -0.2) is 12.4 Å². The topological polar surface area (TPSA) is 57.5 Å². The molecule has 0 N–H and O–H groups in total. The van der Waals surface area contributed by atoms with Crippen molar-refractivity contribution in [3.8, 4) is 5.75 Å². The lowest BCUT2D eigenvalue weighted by atomic mass is 10.1. The van der Waals surface area contributed by atoms with E-state index in [0.717, 1.165) is 22.3 Å². The van der Waals surface area contributed by atoms with Crippen LogP contribution in [0.5, 0.6) is 5.75 Å². The third-order valence-corrected chi connectivity index (χ3v) is 7.77. The Morgan fingerprint density at radius 3 is 2.19 bits per heavy atom. The predicted molar refractivity (Wildman–Crippen MR) is 131 cm³/mol. The Balaban J connectivity index is 1.99. The summed E-state index contributed by atoms with van der Waals surface area (Å²) < 4.78 is 40.5. The Labute approximate surface area is 196 Å². The van der Waals surface area contributed by atoms with Gasteiger partial charge in [0.25, 0.3) is 10.0 Å². The summed E-state index contributed by atoms with van der Waals surface area (Å²) in [5, 5.41) is 0.794. The van der Waals surface area contributed by atoms with Gasteiger partial charge in [-0.1, -0.05) is 48.0 Å². The molecule has 1 heterocycles. The molecular formula is C25H22BrNO4S. The second-order valence-electron chi connectivity index (χ2n) is 7.25. The fourth-order valence-corrected chi connectivity index (χ4v) is 5.68. The van der Waals surface area contributed by atoms with Gasteiger partial charge in [0.15, 0.2) is 5.76 Å². The largest absolute Gasteiger partial charge is 0.497 e. The molecule has 0 saturated heterocycles. The van der Waals surface area contributed by atoms with Crippen LogP contribution in [0.25, 0.3) is 21.1 Å². The van der Waals surface area contributed by atoms with Crippen LogP contribution in [-0.4, -0.2) is 26.6 Å². The molecule has 4 rings (SSSR count). The van der Waals surface area contributed by atoms with E-state index in [9.17, 15) is 8.42 Å². The molecule has 0 fully saturated rings. The van der Waals surface area contributed by atoms with Crippen LogP contribution in [0.4, 0.5) is 0 Å². The van der Waals surface area contributed by atoms with Crippen LogP contribution in [0.2, 0.25) is 0 Å². The Morgan fingerprint density at radius 2 is 1.56 bits per heavy atom. The molecule has 1 aromatic heterocycles. The first-order chi connectivity index (χ1) is 15.4. The number of hydrogen-bond acceptors (Lipinski definition) is 4. The number of rotatable bonds is 6. The van der Waals surface area contributed by atoms with Gasteiger partial charge in [-0.05, 0) is 64.8 Å². The number of nitrogens with zero attached hydrogens (tertiary/aromatic N) is 1. The SMILES string of the molecule is CO/C(=C(/Br)c1ccc(OC)cc1)c1cc2ccccc2n1S(=O)(=O)c1ccc(C)cc1. The standard InChI is InChI=1S/C25H22BrNO4S/c1-17-8-14-21(15-9-17)32(28,29)27-22-7-5-4-6-19(22)16-23(27)25(31-3)24(26)18-10-12-20(30-2)13-11-18/h4-16H,1-3H3/b25-24+. The Morgan fingerprint density at radius 1 is 0.906 bits per heavy atom. The number of hydrogen-bond donors (Lipinski definition) is 0. The van der Waals surface area contributed by atoms with E-state index < -0.39 is 10.0 Å². The van der Waals surface area contributed by atoms with E-state index in [1.165, 1.54) is 11.1 Å². The molecular weight excluding hydrogens is 490 g/mol. The Kier molecular flexibility index (Phi) is 6.13. The molecule has 164 valence electrons. The average Bonchev–Trinajstić information content (AvgIpc) is 3.20. The van der Waals surface area contributed by atoms with Crippen molar-refractivity contribution in [1.82, 2.24) is 3.97 Å². The first-order valence-corrected chi connectivity index (χ1v) is 12.1. The zero-order chi connectivity index (χ0) is 22.9. The number of fused-ring (bicyclic) bond motifs is 1. The van der Waals surface area contributed by atoms with Crippen molar-refractivity contribution in [3.05, 3.63) is 95.7 Å². The lowest BCUT2D eigenvalue weighted by Crippen LogP contribution is -2.16. The predicted octanol–water partition coefficient (Wildman–Crippen LogP) is 6.06. The summed E-state index contributed by atoms with van der Waals surface area (Å²) in [6, 6.07) is 23.5. The van der Waals surface area contributed by atoms with E-state index in [4.69, 9.17) is 9.47 Å². The number of ether oxygens (including phenoxy) is 2. The summed E-state index contributed by atoms with van der Waals surface area (Å²) in [5.74, 6) is 1.13. The minimum atomic E-state index is -3.89. The number of benzene rings is 3. The van der Waals surface area contributed by atoms with Crippen molar-refractivity contribution >= 4 is 47.1 Å². The molecule has 0 bridgehead atoms. The van der Waals surface area contributed by atoms with Crippen molar-refractivity contribution in [3.63, 3.8) is 0 Å². The molecule has 7 heteroatoms. The van der Waals surface area contributed by atoms with Crippen molar-refractivity contribution < 1.29 is 17.9 Å². The van der Waals surface area contributed by atoms with Gasteiger partial charge in [0.2, 0.25) is 0 Å². The van der Waals surface area contributed by atoms with Crippen LogP contribution in [0.3, 0.4) is 0 Å². The van der Waals surface area contributed by atoms with Crippen LogP contribution < -0.4 is 4.74 Å². The van der Waals surface area contributed by atoms with E-state index in [0.29, 0.717) is 21.5 Å². The van der Waals surface area contributed by atoms with Crippen molar-refractivity contribution in [2.75, 3.05) is 14.2 Å². The first-order valence-electron chi connectivity index (χ1n) is 9.88. The molecule has 4 aromatic rings. The van der Waals surface area contributed by atoms with E-state index in [2.05, 4.69) is 15.9 Å². The maximum absolute atomic E-state index is 13.8. The number of aromatic nitrogens is 1. The average molecular weight is 512 g/mol. The van der Waals surface area contributed by atoms with Crippen molar-refractivity contribution in [2.45, 2.75) is 11.8 Å². The molecule has 5 nitrogen and oxygen atoms in total. The lowest BCUT2D eigenvalue weighted by molar-refractivity contribution is 0.370. The smallest absolute Gasteiger partial charge is 0.268 e. The van der Waals surface area contributed by atoms with Crippen molar-refractivity contribution in [1.29, 1.82) is 0 Å². The highest BCUT2D eigenvalue weighted by molar-refractivity contribution is 9.15. The Hall–Kier alpha value is -3.03. The van der Waals surface area contributed by atoms with Gasteiger partial charge in [-0.3, -0.25) is 0 Å². The number of para-hydroxylation sites is 1. The zero-order valence-electron chi connectivity index (χ0n) is 17.9. The molecule has 32 heavy (non-hydrogen) atoms. The molecule has 0 aliphatic rings. The van der Waals surface area contributed by atoms with Gasteiger partial charge in [-0.15, -0.1) is 0 Å². The number of aryl methyl sites for hydroxylation is 1. The second kappa shape index (κ2) is 8.84. The van der Waals surface area contributed by atoms with Crippen LogP contribution in [0, 0.1) is 6.92 Å². The van der Waals surface area contributed by atoms with E-state index in [1.54, 1.807) is 37.4 Å². The monoisotopic (exact) mass is 511 g/mol. The third-order valence-electron chi connectivity index (χ3n) is 5.21. The summed E-state index contributed by atoms with van der Waals surface area (Å²) in [5.41, 5.74) is 2.82. The van der Waals surface area contributed by atoms with Crippen LogP contribution in [0.1, 0.15) is 16.8 Å². The quantitative estimate of drug-likeness (QED) is 0.295. The highest BCUT2D eigenvalue weighted by Crippen LogP contribution is 2.37. The van der Waals surface area contributed by atoms with Gasteiger partial charge in [0, 0.05) is 5.39 Å². The molecule has 0 atom stereocenters. The second-order valence-corrected chi connectivity index (χ2v) is 9.83. The molecule has 0 saturated carbocycles. The van der Waals surface area contributed by atoms with Gasteiger partial charge < -0.3 is 9.47 Å². The van der Waals surface area contributed by atoms with Gasteiger partial charge in [0.1, 0.15) is 11.4 Å². The van der Waals surface area contributed by atoms with E-state index in [-0.39, 0.29) is 4.90 Å². The number of halogens is 1. The summed E-state index contributed by atoms with van der Waals surface area (Å²) in [6.07, 6.45) is 0. The van der Waals surface area contributed by atoms with Crippen molar-refractivity contribution in [2.24, 2.45) is 0 Å². The molecule has 0 radical (unpaired) electrons. The zero-order valence-corrected chi connectivity index (χ0v) is 20.3. The number of methoxy groups -OCH3 is 2. The third kappa shape index (κ3) is 3.94. The molecule has 0 spiro atoms. The molecule has 3 aromatic carbocycles. The first kappa shape index (κ1) is 22.2. The summed E-state index contributed by atoms with van der Waals surface area (Å²) >= 11 is 3.63. The van der Waals surface area contributed by atoms with E-state index in [1.807, 2.05) is 55.5 Å². The van der Waals surface area contributed by atoms with Gasteiger partial charge >= 0.3 is 0 Å². The fourth-order valence-electron chi connectivity index (χ4n) is 3.54. The maximum atomic E-state index is 13.8. The van der Waals surface area contributed by atoms with Crippen LogP contribution in [-0.2, 0) is 14.8 Å². The Bertz CT molecular complexity index is 1400. The molecule has 0 amide bonds. The van der Waals surface area contributed by atoms with Crippen LogP contribution >= 0.6 is 15.9 Å². The highest BCUT2D eigenvalue weighted by Gasteiger charge is 2.26. The highest BCUT2D eigenvalue weighted by atomic mass is 79.9. The summed E-state index contributed by atoms with van der Waals surface area (Å²) in [7, 11) is -0.755. The molecule has 0 aliphatic heterocycles. The van der Waals surface area contributed by atoms with E-state index >= 15 is 0 Å². The fraction of sp³-hybridized carbons (Fsp3) is 0.120. The lowest BCUT2D eigenvalue weighted by Gasteiger charge is -2.15.